The van der Waals surface area contributed by atoms with E-state index in [0.29, 0.717) is 11.4 Å². The van der Waals surface area contributed by atoms with Crippen LogP contribution in [0.2, 0.25) is 0 Å². The number of aromatic nitrogens is 1. The molecule has 0 bridgehead atoms. The SMILES string of the molecule is COc1cccc(N(CC(=O)N/N=C\c2cc(C)n(-c3ccc(C)cc3)c2C)S(=O)(=O)c2ccc(C)cc2)c1. The van der Waals surface area contributed by atoms with E-state index in [1.165, 1.54) is 24.8 Å². The summed E-state index contributed by atoms with van der Waals surface area (Å²) in [5.41, 5.74) is 8.75. The number of nitrogens with zero attached hydrogens (tertiary/aromatic N) is 3. The summed E-state index contributed by atoms with van der Waals surface area (Å²) in [6.45, 7) is 7.43. The number of methoxy groups -OCH3 is 1. The van der Waals surface area contributed by atoms with E-state index >= 15 is 0 Å². The summed E-state index contributed by atoms with van der Waals surface area (Å²) in [6.07, 6.45) is 1.56. The van der Waals surface area contributed by atoms with E-state index in [2.05, 4.69) is 39.4 Å². The Kier molecular flexibility index (Phi) is 8.21. The molecule has 9 heteroatoms. The molecule has 0 saturated carbocycles. The average Bonchev–Trinajstić information content (AvgIpc) is 3.20. The molecule has 4 aromatic rings. The molecule has 202 valence electrons. The Bertz CT molecular complexity index is 1610. The first-order chi connectivity index (χ1) is 18.6. The Morgan fingerprint density at radius 2 is 1.59 bits per heavy atom. The molecule has 1 amide bonds. The smallest absolute Gasteiger partial charge is 0.264 e. The number of nitrogens with one attached hydrogen (secondary N) is 1. The van der Waals surface area contributed by atoms with Crippen molar-refractivity contribution in [2.75, 3.05) is 18.0 Å². The molecule has 0 saturated heterocycles. The van der Waals surface area contributed by atoms with E-state index in [1.54, 1.807) is 42.6 Å². The first-order valence-electron chi connectivity index (χ1n) is 12.4. The number of hydrogen-bond acceptors (Lipinski definition) is 5. The lowest BCUT2D eigenvalue weighted by molar-refractivity contribution is -0.119. The van der Waals surface area contributed by atoms with Crippen molar-refractivity contribution in [3.05, 3.63) is 107 Å². The van der Waals surface area contributed by atoms with Crippen LogP contribution in [0, 0.1) is 27.7 Å². The number of ether oxygens (including phenoxy) is 1. The molecule has 8 nitrogen and oxygen atoms in total. The van der Waals surface area contributed by atoms with E-state index in [4.69, 9.17) is 4.74 Å². The van der Waals surface area contributed by atoms with Crippen LogP contribution in [0.5, 0.6) is 5.75 Å². The Morgan fingerprint density at radius 1 is 0.949 bits per heavy atom. The molecule has 1 heterocycles. The predicted molar refractivity (Wildman–Crippen MR) is 154 cm³/mol. The third kappa shape index (κ3) is 6.21. The predicted octanol–water partition coefficient (Wildman–Crippen LogP) is 5.07. The monoisotopic (exact) mass is 544 g/mol. The summed E-state index contributed by atoms with van der Waals surface area (Å²) < 4.78 is 35.6. The number of anilines is 1. The summed E-state index contributed by atoms with van der Waals surface area (Å²) in [7, 11) is -2.55. The van der Waals surface area contributed by atoms with Crippen LogP contribution in [0.3, 0.4) is 0 Å². The van der Waals surface area contributed by atoms with Gasteiger partial charge in [0, 0.05) is 28.7 Å². The molecule has 4 rings (SSSR count). The maximum Gasteiger partial charge on any atom is 0.264 e. The van der Waals surface area contributed by atoms with E-state index in [1.807, 2.05) is 33.8 Å². The number of hydrazone groups is 1. The summed E-state index contributed by atoms with van der Waals surface area (Å²) in [5, 5.41) is 4.13. The molecule has 0 unspecified atom stereocenters. The van der Waals surface area contributed by atoms with Gasteiger partial charge < -0.3 is 9.30 Å². The average molecular weight is 545 g/mol. The molecule has 0 aliphatic carbocycles. The van der Waals surface area contributed by atoms with Gasteiger partial charge >= 0.3 is 0 Å². The van der Waals surface area contributed by atoms with Crippen LogP contribution in [0.25, 0.3) is 5.69 Å². The zero-order valence-corrected chi connectivity index (χ0v) is 23.5. The van der Waals surface area contributed by atoms with Crippen molar-refractivity contribution in [3.63, 3.8) is 0 Å². The van der Waals surface area contributed by atoms with Crippen LogP contribution < -0.4 is 14.5 Å². The van der Waals surface area contributed by atoms with E-state index < -0.39 is 22.5 Å². The van der Waals surface area contributed by atoms with Gasteiger partial charge in [0.1, 0.15) is 12.3 Å². The quantitative estimate of drug-likeness (QED) is 0.235. The number of aryl methyl sites for hydroxylation is 3. The minimum absolute atomic E-state index is 0.0794. The fourth-order valence-corrected chi connectivity index (χ4v) is 5.68. The standard InChI is InChI=1S/C30H32N4O4S/c1-21-9-13-26(14-10-21)34-23(3)17-25(24(34)4)19-31-32-30(35)20-33(27-7-6-8-28(18-27)38-5)39(36,37)29-15-11-22(2)12-16-29/h6-19H,20H2,1-5H3,(H,32,35)/b31-19-. The highest BCUT2D eigenvalue weighted by atomic mass is 32.2. The Balaban J connectivity index is 1.56. The lowest BCUT2D eigenvalue weighted by atomic mass is 10.2. The molecule has 0 aliphatic heterocycles. The van der Waals surface area contributed by atoms with Crippen LogP contribution >= 0.6 is 0 Å². The van der Waals surface area contributed by atoms with E-state index in [0.717, 1.165) is 32.5 Å². The fraction of sp³-hybridized carbons (Fsp3) is 0.200. The highest BCUT2D eigenvalue weighted by molar-refractivity contribution is 7.92. The van der Waals surface area contributed by atoms with Crippen molar-refractivity contribution in [3.8, 4) is 11.4 Å². The third-order valence-electron chi connectivity index (χ3n) is 6.39. The molecule has 39 heavy (non-hydrogen) atoms. The molecule has 3 aromatic carbocycles. The largest absolute Gasteiger partial charge is 0.497 e. The number of benzene rings is 3. The van der Waals surface area contributed by atoms with Crippen molar-refractivity contribution in [2.45, 2.75) is 32.6 Å². The highest BCUT2D eigenvalue weighted by Gasteiger charge is 2.27. The number of rotatable bonds is 9. The lowest BCUT2D eigenvalue weighted by Crippen LogP contribution is -2.39. The van der Waals surface area contributed by atoms with Gasteiger partial charge in [0.25, 0.3) is 15.9 Å². The first kappa shape index (κ1) is 27.7. The highest BCUT2D eigenvalue weighted by Crippen LogP contribution is 2.27. The Labute approximate surface area is 229 Å². The Hall–Kier alpha value is -4.37. The zero-order valence-electron chi connectivity index (χ0n) is 22.7. The van der Waals surface area contributed by atoms with Gasteiger partial charge in [-0.05, 0) is 70.2 Å². The van der Waals surface area contributed by atoms with Crippen molar-refractivity contribution < 1.29 is 17.9 Å². The van der Waals surface area contributed by atoms with Crippen LogP contribution in [-0.4, -0.2) is 38.8 Å². The molecule has 0 radical (unpaired) electrons. The van der Waals surface area contributed by atoms with E-state index in [9.17, 15) is 13.2 Å². The fourth-order valence-electron chi connectivity index (χ4n) is 4.27. The van der Waals surface area contributed by atoms with Gasteiger partial charge in [0.05, 0.1) is 23.9 Å². The molecular formula is C30H32N4O4S. The molecular weight excluding hydrogens is 512 g/mol. The van der Waals surface area contributed by atoms with Gasteiger partial charge in [-0.2, -0.15) is 5.10 Å². The number of carbonyl (C=O) groups excluding carboxylic acids is 1. The summed E-state index contributed by atoms with van der Waals surface area (Å²) in [5.74, 6) is -0.115. The van der Waals surface area contributed by atoms with Gasteiger partial charge in [-0.3, -0.25) is 9.10 Å². The molecule has 1 N–H and O–H groups in total. The molecule has 0 fully saturated rings. The van der Waals surface area contributed by atoms with Gasteiger partial charge in [-0.1, -0.05) is 41.5 Å². The van der Waals surface area contributed by atoms with Crippen molar-refractivity contribution >= 4 is 27.8 Å². The van der Waals surface area contributed by atoms with Crippen molar-refractivity contribution in [1.29, 1.82) is 0 Å². The normalized spacial score (nSPS) is 11.5. The van der Waals surface area contributed by atoms with Crippen LogP contribution in [0.1, 0.15) is 28.1 Å². The minimum Gasteiger partial charge on any atom is -0.497 e. The summed E-state index contributed by atoms with van der Waals surface area (Å²) in [6, 6.07) is 23.3. The molecule has 0 atom stereocenters. The number of sulfonamides is 1. The zero-order chi connectivity index (χ0) is 28.2. The second-order valence-corrected chi connectivity index (χ2v) is 11.2. The van der Waals surface area contributed by atoms with Gasteiger partial charge in [-0.15, -0.1) is 0 Å². The van der Waals surface area contributed by atoms with Crippen LogP contribution in [0.15, 0.2) is 88.9 Å². The minimum atomic E-state index is -4.05. The maximum absolute atomic E-state index is 13.6. The van der Waals surface area contributed by atoms with Crippen LogP contribution in [-0.2, 0) is 14.8 Å². The van der Waals surface area contributed by atoms with Gasteiger partial charge in [-0.25, -0.2) is 13.8 Å². The number of carbonyl (C=O) groups is 1. The van der Waals surface area contributed by atoms with Crippen LogP contribution in [0.4, 0.5) is 5.69 Å². The summed E-state index contributed by atoms with van der Waals surface area (Å²) >= 11 is 0. The number of hydrogen-bond donors (Lipinski definition) is 1. The molecule has 0 spiro atoms. The third-order valence-corrected chi connectivity index (χ3v) is 8.18. The van der Waals surface area contributed by atoms with Crippen molar-refractivity contribution in [1.82, 2.24) is 9.99 Å². The molecule has 1 aromatic heterocycles. The van der Waals surface area contributed by atoms with Crippen molar-refractivity contribution in [2.24, 2.45) is 5.10 Å². The maximum atomic E-state index is 13.6. The second kappa shape index (κ2) is 11.6. The van der Waals surface area contributed by atoms with Gasteiger partial charge in [0.2, 0.25) is 0 Å². The lowest BCUT2D eigenvalue weighted by Gasteiger charge is -2.24. The van der Waals surface area contributed by atoms with Gasteiger partial charge in [0.15, 0.2) is 0 Å². The second-order valence-electron chi connectivity index (χ2n) is 9.32. The Morgan fingerprint density at radius 3 is 2.23 bits per heavy atom. The molecule has 0 aliphatic rings. The first-order valence-corrected chi connectivity index (χ1v) is 13.9. The number of amides is 1. The summed E-state index contributed by atoms with van der Waals surface area (Å²) in [4.78, 5) is 13.0. The topological polar surface area (TPSA) is 93.0 Å². The van der Waals surface area contributed by atoms with E-state index in [-0.39, 0.29) is 4.90 Å².